The predicted octanol–water partition coefficient (Wildman–Crippen LogP) is 3.60. The topological polar surface area (TPSA) is 73.9 Å². The molecule has 0 aliphatic carbocycles. The third-order valence-corrected chi connectivity index (χ3v) is 4.93. The summed E-state index contributed by atoms with van der Waals surface area (Å²) in [6, 6.07) is 13.0. The molecule has 0 saturated carbocycles. The van der Waals surface area contributed by atoms with Crippen molar-refractivity contribution in [2.75, 3.05) is 42.9 Å². The Morgan fingerprint density at radius 1 is 1.17 bits per heavy atom. The van der Waals surface area contributed by atoms with Crippen molar-refractivity contribution in [3.8, 4) is 5.75 Å². The third-order valence-electron chi connectivity index (χ3n) is 4.93. The van der Waals surface area contributed by atoms with E-state index in [2.05, 4.69) is 10.6 Å². The van der Waals surface area contributed by atoms with Gasteiger partial charge in [-0.15, -0.1) is 0 Å². The molecule has 1 heterocycles. The van der Waals surface area contributed by atoms with Crippen LogP contribution in [0, 0.1) is 0 Å². The van der Waals surface area contributed by atoms with Gasteiger partial charge in [-0.05, 0) is 48.7 Å². The van der Waals surface area contributed by atoms with Gasteiger partial charge in [0.2, 0.25) is 5.91 Å². The Labute approximate surface area is 171 Å². The number of piperidine rings is 1. The summed E-state index contributed by atoms with van der Waals surface area (Å²) in [6.45, 7) is 1.08. The van der Waals surface area contributed by atoms with Crippen molar-refractivity contribution in [3.63, 3.8) is 0 Å². The van der Waals surface area contributed by atoms with E-state index in [1.165, 1.54) is 0 Å². The van der Waals surface area contributed by atoms with Crippen LogP contribution in [-0.4, -0.2) is 39.7 Å². The summed E-state index contributed by atoms with van der Waals surface area (Å²) in [5.74, 6) is 0.698. The molecule has 7 nitrogen and oxygen atoms in total. The molecule has 0 spiro atoms. The predicted molar refractivity (Wildman–Crippen MR) is 116 cm³/mol. The van der Waals surface area contributed by atoms with Gasteiger partial charge in [-0.1, -0.05) is 12.1 Å². The molecule has 1 saturated heterocycles. The second-order valence-corrected chi connectivity index (χ2v) is 7.26. The van der Waals surface area contributed by atoms with E-state index in [9.17, 15) is 9.59 Å². The normalized spacial score (nSPS) is 13.8. The van der Waals surface area contributed by atoms with Gasteiger partial charge in [0.25, 0.3) is 0 Å². The Kier molecular flexibility index (Phi) is 6.59. The van der Waals surface area contributed by atoms with Crippen LogP contribution in [0.1, 0.15) is 24.8 Å². The molecular formula is C22H28N4O3. The number of urea groups is 1. The van der Waals surface area contributed by atoms with E-state index >= 15 is 0 Å². The molecule has 0 aromatic heterocycles. The quantitative estimate of drug-likeness (QED) is 0.782. The monoisotopic (exact) mass is 396 g/mol. The maximum atomic E-state index is 12.4. The zero-order valence-corrected chi connectivity index (χ0v) is 17.2. The highest BCUT2D eigenvalue weighted by Gasteiger charge is 2.23. The molecule has 3 rings (SSSR count). The summed E-state index contributed by atoms with van der Waals surface area (Å²) in [4.78, 5) is 28.4. The van der Waals surface area contributed by atoms with Crippen molar-refractivity contribution in [3.05, 3.63) is 48.0 Å². The summed E-state index contributed by atoms with van der Waals surface area (Å²) in [5.41, 5.74) is 3.39. The van der Waals surface area contributed by atoms with Gasteiger partial charge in [0.1, 0.15) is 5.75 Å². The summed E-state index contributed by atoms with van der Waals surface area (Å²) in [6.07, 6.45) is 2.40. The molecule has 1 fully saturated rings. The standard InChI is InChI=1S/C22H28N4O3/c1-25(2)18-8-6-7-16(13-18)15-23-22(28)24-17-10-11-20(29-3)19(14-17)26-12-5-4-9-21(26)27/h6-8,10-11,13-14H,4-5,9,12,15H2,1-3H3,(H2,23,24,28). The number of nitrogens with one attached hydrogen (secondary N) is 2. The van der Waals surface area contributed by atoms with E-state index < -0.39 is 0 Å². The minimum atomic E-state index is -0.304. The highest BCUT2D eigenvalue weighted by atomic mass is 16.5. The average molecular weight is 396 g/mol. The van der Waals surface area contributed by atoms with Crippen molar-refractivity contribution >= 4 is 29.0 Å². The highest BCUT2D eigenvalue weighted by Crippen LogP contribution is 2.33. The molecule has 0 atom stereocenters. The Balaban J connectivity index is 1.66. The van der Waals surface area contributed by atoms with Crippen LogP contribution >= 0.6 is 0 Å². The number of methoxy groups -OCH3 is 1. The average Bonchev–Trinajstić information content (AvgIpc) is 2.73. The maximum absolute atomic E-state index is 12.4. The first-order valence-electron chi connectivity index (χ1n) is 9.77. The fourth-order valence-electron chi connectivity index (χ4n) is 3.34. The lowest BCUT2D eigenvalue weighted by atomic mass is 10.1. The molecule has 154 valence electrons. The van der Waals surface area contributed by atoms with Crippen molar-refractivity contribution in [2.45, 2.75) is 25.8 Å². The Bertz CT molecular complexity index is 882. The molecule has 2 N–H and O–H groups in total. The molecule has 1 aliphatic heterocycles. The van der Waals surface area contributed by atoms with Crippen LogP contribution in [0.3, 0.4) is 0 Å². The zero-order chi connectivity index (χ0) is 20.8. The van der Waals surface area contributed by atoms with Crippen LogP contribution in [-0.2, 0) is 11.3 Å². The number of carbonyl (C=O) groups excluding carboxylic acids is 2. The maximum Gasteiger partial charge on any atom is 0.319 e. The fourth-order valence-corrected chi connectivity index (χ4v) is 3.34. The molecular weight excluding hydrogens is 368 g/mol. The number of anilines is 3. The number of hydrogen-bond donors (Lipinski definition) is 2. The number of ether oxygens (including phenoxy) is 1. The first kappa shape index (κ1) is 20.5. The third kappa shape index (κ3) is 5.19. The summed E-state index contributed by atoms with van der Waals surface area (Å²) in [7, 11) is 5.54. The molecule has 0 bridgehead atoms. The molecule has 0 radical (unpaired) electrons. The Morgan fingerprint density at radius 3 is 2.72 bits per heavy atom. The summed E-state index contributed by atoms with van der Waals surface area (Å²) in [5, 5.41) is 5.71. The number of nitrogens with zero attached hydrogens (tertiary/aromatic N) is 2. The van der Waals surface area contributed by atoms with Gasteiger partial charge >= 0.3 is 6.03 Å². The number of rotatable bonds is 6. The summed E-state index contributed by atoms with van der Waals surface area (Å²) < 4.78 is 5.42. The van der Waals surface area contributed by atoms with E-state index in [1.807, 2.05) is 43.3 Å². The van der Waals surface area contributed by atoms with Crippen molar-refractivity contribution in [1.29, 1.82) is 0 Å². The molecule has 2 aromatic carbocycles. The first-order chi connectivity index (χ1) is 14.0. The van der Waals surface area contributed by atoms with Gasteiger partial charge in [0, 0.05) is 45.0 Å². The fraction of sp³-hybridized carbons (Fsp3) is 0.364. The van der Waals surface area contributed by atoms with Crippen LogP contribution in [0.5, 0.6) is 5.75 Å². The van der Waals surface area contributed by atoms with E-state index in [4.69, 9.17) is 4.74 Å². The summed E-state index contributed by atoms with van der Waals surface area (Å²) >= 11 is 0. The van der Waals surface area contributed by atoms with Crippen LogP contribution in [0.2, 0.25) is 0 Å². The van der Waals surface area contributed by atoms with E-state index in [-0.39, 0.29) is 11.9 Å². The van der Waals surface area contributed by atoms with Crippen LogP contribution in [0.25, 0.3) is 0 Å². The van der Waals surface area contributed by atoms with Crippen molar-refractivity contribution in [1.82, 2.24) is 5.32 Å². The molecule has 3 amide bonds. The van der Waals surface area contributed by atoms with E-state index in [1.54, 1.807) is 30.2 Å². The van der Waals surface area contributed by atoms with E-state index in [0.29, 0.717) is 36.6 Å². The molecule has 2 aromatic rings. The first-order valence-corrected chi connectivity index (χ1v) is 9.77. The molecule has 0 unspecified atom stereocenters. The van der Waals surface area contributed by atoms with E-state index in [0.717, 1.165) is 24.1 Å². The van der Waals surface area contributed by atoms with Crippen LogP contribution < -0.4 is 25.2 Å². The number of amides is 3. The van der Waals surface area contributed by atoms with Gasteiger partial charge in [-0.2, -0.15) is 0 Å². The Morgan fingerprint density at radius 2 is 2.00 bits per heavy atom. The van der Waals surface area contributed by atoms with Crippen molar-refractivity contribution in [2.24, 2.45) is 0 Å². The second-order valence-electron chi connectivity index (χ2n) is 7.26. The molecule has 1 aliphatic rings. The van der Waals surface area contributed by atoms with Gasteiger partial charge in [0.05, 0.1) is 12.8 Å². The molecule has 29 heavy (non-hydrogen) atoms. The van der Waals surface area contributed by atoms with Crippen LogP contribution in [0.15, 0.2) is 42.5 Å². The smallest absolute Gasteiger partial charge is 0.319 e. The number of carbonyl (C=O) groups is 2. The van der Waals surface area contributed by atoms with Crippen molar-refractivity contribution < 1.29 is 14.3 Å². The Hall–Kier alpha value is -3.22. The highest BCUT2D eigenvalue weighted by molar-refractivity contribution is 5.97. The number of benzene rings is 2. The molecule has 7 heteroatoms. The number of hydrogen-bond acceptors (Lipinski definition) is 4. The van der Waals surface area contributed by atoms with Gasteiger partial charge in [-0.25, -0.2) is 4.79 Å². The largest absolute Gasteiger partial charge is 0.495 e. The minimum Gasteiger partial charge on any atom is -0.495 e. The van der Waals surface area contributed by atoms with Gasteiger partial charge in [0.15, 0.2) is 0 Å². The zero-order valence-electron chi connectivity index (χ0n) is 17.2. The lowest BCUT2D eigenvalue weighted by molar-refractivity contribution is -0.119. The lowest BCUT2D eigenvalue weighted by Gasteiger charge is -2.28. The minimum absolute atomic E-state index is 0.0805. The SMILES string of the molecule is COc1ccc(NC(=O)NCc2cccc(N(C)C)c2)cc1N1CCCCC1=O. The van der Waals surface area contributed by atoms with Gasteiger partial charge < -0.3 is 25.2 Å². The second kappa shape index (κ2) is 9.32. The van der Waals surface area contributed by atoms with Crippen LogP contribution in [0.4, 0.5) is 21.9 Å². The van der Waals surface area contributed by atoms with Gasteiger partial charge in [-0.3, -0.25) is 4.79 Å². The lowest BCUT2D eigenvalue weighted by Crippen LogP contribution is -2.35.